The Morgan fingerprint density at radius 1 is 1.15 bits per heavy atom. The molecule has 0 N–H and O–H groups in total. The van der Waals surface area contributed by atoms with Gasteiger partial charge in [-0.3, -0.25) is 4.90 Å². The van der Waals surface area contributed by atoms with Gasteiger partial charge in [0.15, 0.2) is 5.82 Å². The number of nitrogens with zero attached hydrogens (tertiary/aromatic N) is 6. The first-order valence-electron chi connectivity index (χ1n) is 9.13. The SMILES string of the molecule is Cc1nc(CN2CCN(c3nccn4nc(C(C)(C)C)cc34)CC2)cs1. The molecule has 0 unspecified atom stereocenters. The number of hydrogen-bond donors (Lipinski definition) is 0. The highest BCUT2D eigenvalue weighted by Crippen LogP contribution is 2.27. The van der Waals surface area contributed by atoms with Gasteiger partial charge in [0.2, 0.25) is 0 Å². The van der Waals surface area contributed by atoms with Gasteiger partial charge in [-0.1, -0.05) is 20.8 Å². The molecule has 0 aromatic carbocycles. The van der Waals surface area contributed by atoms with Crippen LogP contribution in [-0.2, 0) is 12.0 Å². The van der Waals surface area contributed by atoms with Crippen LogP contribution in [0, 0.1) is 6.92 Å². The summed E-state index contributed by atoms with van der Waals surface area (Å²) in [6, 6.07) is 2.19. The Morgan fingerprint density at radius 2 is 1.92 bits per heavy atom. The number of piperazine rings is 1. The average Bonchev–Trinajstić information content (AvgIpc) is 3.21. The lowest BCUT2D eigenvalue weighted by Gasteiger charge is -2.35. The van der Waals surface area contributed by atoms with Crippen LogP contribution >= 0.6 is 11.3 Å². The number of aryl methyl sites for hydroxylation is 1. The van der Waals surface area contributed by atoms with Crippen molar-refractivity contribution >= 4 is 22.7 Å². The van der Waals surface area contributed by atoms with E-state index in [4.69, 9.17) is 5.10 Å². The Kier molecular flexibility index (Phi) is 4.44. The van der Waals surface area contributed by atoms with Crippen molar-refractivity contribution in [3.8, 4) is 0 Å². The van der Waals surface area contributed by atoms with Gasteiger partial charge in [-0.15, -0.1) is 11.3 Å². The fraction of sp³-hybridized carbons (Fsp3) is 0.526. The molecule has 4 heterocycles. The van der Waals surface area contributed by atoms with Crippen LogP contribution in [0.4, 0.5) is 5.82 Å². The lowest BCUT2D eigenvalue weighted by Crippen LogP contribution is -2.46. The van der Waals surface area contributed by atoms with E-state index in [1.807, 2.05) is 16.9 Å². The molecule has 0 saturated carbocycles. The normalized spacial score (nSPS) is 16.5. The topological polar surface area (TPSA) is 49.6 Å². The van der Waals surface area contributed by atoms with Gasteiger partial charge in [-0.2, -0.15) is 5.10 Å². The first-order chi connectivity index (χ1) is 12.4. The third kappa shape index (κ3) is 3.46. The highest BCUT2D eigenvalue weighted by molar-refractivity contribution is 7.09. The van der Waals surface area contributed by atoms with Crippen LogP contribution in [0.15, 0.2) is 23.8 Å². The molecule has 0 bridgehead atoms. The van der Waals surface area contributed by atoms with Crippen molar-refractivity contribution in [3.05, 3.63) is 40.2 Å². The Morgan fingerprint density at radius 3 is 2.58 bits per heavy atom. The van der Waals surface area contributed by atoms with Crippen molar-refractivity contribution in [1.29, 1.82) is 0 Å². The van der Waals surface area contributed by atoms with E-state index >= 15 is 0 Å². The molecule has 7 heteroatoms. The summed E-state index contributed by atoms with van der Waals surface area (Å²) in [6.07, 6.45) is 3.79. The Hall–Kier alpha value is -1.99. The maximum Gasteiger partial charge on any atom is 0.154 e. The second kappa shape index (κ2) is 6.63. The predicted molar refractivity (Wildman–Crippen MR) is 106 cm³/mol. The fourth-order valence-corrected chi connectivity index (χ4v) is 3.95. The summed E-state index contributed by atoms with van der Waals surface area (Å²) >= 11 is 1.73. The van der Waals surface area contributed by atoms with Crippen LogP contribution < -0.4 is 4.90 Å². The zero-order valence-electron chi connectivity index (χ0n) is 15.9. The molecule has 0 radical (unpaired) electrons. The number of anilines is 1. The summed E-state index contributed by atoms with van der Waals surface area (Å²) < 4.78 is 1.97. The minimum Gasteiger partial charge on any atom is -0.352 e. The number of hydrogen-bond acceptors (Lipinski definition) is 6. The van der Waals surface area contributed by atoms with E-state index < -0.39 is 0 Å². The van der Waals surface area contributed by atoms with E-state index in [1.165, 1.54) is 5.69 Å². The van der Waals surface area contributed by atoms with Crippen LogP contribution in [0.25, 0.3) is 5.52 Å². The minimum atomic E-state index is 0.0354. The number of rotatable bonds is 3. The largest absolute Gasteiger partial charge is 0.352 e. The quantitative estimate of drug-likeness (QED) is 0.709. The van der Waals surface area contributed by atoms with E-state index in [9.17, 15) is 0 Å². The molecule has 3 aromatic rings. The van der Waals surface area contributed by atoms with E-state index in [1.54, 1.807) is 11.3 Å². The molecule has 0 atom stereocenters. The second-order valence-corrected chi connectivity index (χ2v) is 9.04. The lowest BCUT2D eigenvalue weighted by molar-refractivity contribution is 0.247. The van der Waals surface area contributed by atoms with Crippen LogP contribution in [-0.4, -0.2) is 50.7 Å². The summed E-state index contributed by atoms with van der Waals surface area (Å²) in [5.74, 6) is 1.04. The smallest absolute Gasteiger partial charge is 0.154 e. The molecule has 0 spiro atoms. The molecule has 1 aliphatic rings. The maximum atomic E-state index is 4.75. The van der Waals surface area contributed by atoms with E-state index in [0.717, 1.165) is 54.8 Å². The minimum absolute atomic E-state index is 0.0354. The van der Waals surface area contributed by atoms with E-state index in [2.05, 4.69) is 58.9 Å². The highest BCUT2D eigenvalue weighted by atomic mass is 32.1. The van der Waals surface area contributed by atoms with Crippen LogP contribution in [0.1, 0.15) is 37.2 Å². The van der Waals surface area contributed by atoms with Gasteiger partial charge >= 0.3 is 0 Å². The first-order valence-corrected chi connectivity index (χ1v) is 10.0. The summed E-state index contributed by atoms with van der Waals surface area (Å²) in [4.78, 5) is 14.1. The molecule has 1 aliphatic heterocycles. The van der Waals surface area contributed by atoms with Crippen molar-refractivity contribution < 1.29 is 0 Å². The standard InChI is InChI=1S/C19H26N6S/c1-14-21-15(13-26-14)12-23-7-9-24(10-8-23)18-16-11-17(19(2,3)4)22-25(16)6-5-20-18/h5-6,11,13H,7-10,12H2,1-4H3. The van der Waals surface area contributed by atoms with Crippen molar-refractivity contribution in [3.63, 3.8) is 0 Å². The molecule has 138 valence electrons. The van der Waals surface area contributed by atoms with Gasteiger partial charge in [0.05, 0.1) is 16.4 Å². The summed E-state index contributed by atoms with van der Waals surface area (Å²) in [6.45, 7) is 13.6. The van der Waals surface area contributed by atoms with Gasteiger partial charge in [0.25, 0.3) is 0 Å². The zero-order chi connectivity index (χ0) is 18.3. The average molecular weight is 371 g/mol. The molecular formula is C19H26N6S. The van der Waals surface area contributed by atoms with E-state index in [0.29, 0.717) is 0 Å². The number of aromatic nitrogens is 4. The van der Waals surface area contributed by atoms with Crippen molar-refractivity contribution in [2.24, 2.45) is 0 Å². The number of thiazole rings is 1. The van der Waals surface area contributed by atoms with Gasteiger partial charge in [0.1, 0.15) is 5.52 Å². The molecule has 1 saturated heterocycles. The second-order valence-electron chi connectivity index (χ2n) is 7.98. The predicted octanol–water partition coefficient (Wildman–Crippen LogP) is 3.11. The van der Waals surface area contributed by atoms with Gasteiger partial charge in [-0.05, 0) is 13.0 Å². The third-order valence-electron chi connectivity index (χ3n) is 4.86. The first kappa shape index (κ1) is 17.4. The molecule has 3 aromatic heterocycles. The molecule has 1 fully saturated rings. The molecular weight excluding hydrogens is 344 g/mol. The maximum absolute atomic E-state index is 4.75. The lowest BCUT2D eigenvalue weighted by atomic mass is 9.92. The molecule has 4 rings (SSSR count). The van der Waals surface area contributed by atoms with Crippen LogP contribution in [0.5, 0.6) is 0 Å². The summed E-state index contributed by atoms with van der Waals surface area (Å²) in [5, 5.41) is 8.06. The van der Waals surface area contributed by atoms with Crippen LogP contribution in [0.2, 0.25) is 0 Å². The molecule has 6 nitrogen and oxygen atoms in total. The highest BCUT2D eigenvalue weighted by Gasteiger charge is 2.23. The summed E-state index contributed by atoms with van der Waals surface area (Å²) in [5.41, 5.74) is 3.42. The van der Waals surface area contributed by atoms with Crippen molar-refractivity contribution in [2.75, 3.05) is 31.1 Å². The van der Waals surface area contributed by atoms with Crippen molar-refractivity contribution in [2.45, 2.75) is 39.7 Å². The Bertz CT molecular complexity index is 898. The van der Waals surface area contributed by atoms with Gasteiger partial charge in [-0.25, -0.2) is 14.5 Å². The Balaban J connectivity index is 1.49. The van der Waals surface area contributed by atoms with Crippen molar-refractivity contribution in [1.82, 2.24) is 24.5 Å². The Labute approximate surface area is 158 Å². The number of fused-ring (bicyclic) bond motifs is 1. The summed E-state index contributed by atoms with van der Waals surface area (Å²) in [7, 11) is 0. The van der Waals surface area contributed by atoms with Gasteiger partial charge in [0, 0.05) is 55.9 Å². The van der Waals surface area contributed by atoms with E-state index in [-0.39, 0.29) is 5.41 Å². The fourth-order valence-electron chi connectivity index (χ4n) is 3.35. The molecule has 0 amide bonds. The molecule has 26 heavy (non-hydrogen) atoms. The zero-order valence-corrected chi connectivity index (χ0v) is 16.8. The third-order valence-corrected chi connectivity index (χ3v) is 5.68. The molecule has 0 aliphatic carbocycles. The van der Waals surface area contributed by atoms with Crippen LogP contribution in [0.3, 0.4) is 0 Å². The van der Waals surface area contributed by atoms with Gasteiger partial charge < -0.3 is 4.90 Å². The monoisotopic (exact) mass is 370 g/mol.